The monoisotopic (exact) mass is 314 g/mol. The molecule has 1 aromatic carbocycles. The second-order valence-electron chi connectivity index (χ2n) is 5.21. The number of fused-ring (bicyclic) bond motifs is 1. The topological polar surface area (TPSA) is 51.1 Å². The van der Waals surface area contributed by atoms with Crippen molar-refractivity contribution in [3.63, 3.8) is 0 Å². The summed E-state index contributed by atoms with van der Waals surface area (Å²) in [6.45, 7) is 3.59. The lowest BCUT2D eigenvalue weighted by molar-refractivity contribution is 0.318. The van der Waals surface area contributed by atoms with Crippen molar-refractivity contribution in [3.05, 3.63) is 46.0 Å². The average molecular weight is 314 g/mol. The van der Waals surface area contributed by atoms with E-state index in [4.69, 9.17) is 4.74 Å². The van der Waals surface area contributed by atoms with E-state index in [2.05, 4.69) is 39.3 Å². The number of pyridine rings is 1. The van der Waals surface area contributed by atoms with Gasteiger partial charge in [0.15, 0.2) is 0 Å². The molecule has 0 aliphatic carbocycles. The van der Waals surface area contributed by atoms with Crippen molar-refractivity contribution >= 4 is 22.2 Å². The van der Waals surface area contributed by atoms with Gasteiger partial charge in [-0.25, -0.2) is 0 Å². The first-order valence-electron chi connectivity index (χ1n) is 7.05. The Morgan fingerprint density at radius 3 is 2.77 bits per heavy atom. The summed E-state index contributed by atoms with van der Waals surface area (Å²) in [5.74, 6) is 0.807. The van der Waals surface area contributed by atoms with Crippen LogP contribution in [0.25, 0.3) is 10.9 Å². The van der Waals surface area contributed by atoms with Crippen molar-refractivity contribution in [3.8, 4) is 5.75 Å². The molecule has 0 amide bonds. The molecule has 0 N–H and O–H groups in total. The van der Waals surface area contributed by atoms with Gasteiger partial charge in [-0.3, -0.25) is 9.88 Å². The van der Waals surface area contributed by atoms with Crippen LogP contribution in [-0.2, 0) is 13.1 Å². The van der Waals surface area contributed by atoms with E-state index in [0.29, 0.717) is 0 Å². The second-order valence-corrected chi connectivity index (χ2v) is 6.48. The molecule has 3 rings (SSSR count). The maximum atomic E-state index is 5.39. The Kier molecular flexibility index (Phi) is 4.31. The predicted molar refractivity (Wildman–Crippen MR) is 88.1 cm³/mol. The van der Waals surface area contributed by atoms with E-state index in [0.717, 1.165) is 39.8 Å². The summed E-state index contributed by atoms with van der Waals surface area (Å²) in [5, 5.41) is 11.4. The molecule has 6 heteroatoms. The van der Waals surface area contributed by atoms with E-state index in [1.807, 2.05) is 19.1 Å². The highest BCUT2D eigenvalue weighted by Gasteiger charge is 2.11. The zero-order chi connectivity index (χ0) is 15.5. The number of nitrogens with zero attached hydrogens (tertiary/aromatic N) is 4. The zero-order valence-electron chi connectivity index (χ0n) is 12.9. The van der Waals surface area contributed by atoms with E-state index >= 15 is 0 Å². The Bertz CT molecular complexity index is 787. The van der Waals surface area contributed by atoms with Gasteiger partial charge in [0.25, 0.3) is 0 Å². The molecule has 5 nitrogen and oxygen atoms in total. The molecule has 0 saturated carbocycles. The molecule has 22 heavy (non-hydrogen) atoms. The van der Waals surface area contributed by atoms with Gasteiger partial charge < -0.3 is 4.74 Å². The Balaban J connectivity index is 1.84. The summed E-state index contributed by atoms with van der Waals surface area (Å²) in [7, 11) is 3.76. The third kappa shape index (κ3) is 3.08. The van der Waals surface area contributed by atoms with Crippen molar-refractivity contribution in [1.82, 2.24) is 20.1 Å². The maximum absolute atomic E-state index is 5.39. The lowest BCUT2D eigenvalue weighted by Crippen LogP contribution is -2.17. The van der Waals surface area contributed by atoms with Crippen LogP contribution in [-0.4, -0.2) is 34.2 Å². The van der Waals surface area contributed by atoms with Gasteiger partial charge in [-0.2, -0.15) is 0 Å². The van der Waals surface area contributed by atoms with Gasteiger partial charge in [-0.15, -0.1) is 21.5 Å². The van der Waals surface area contributed by atoms with Crippen molar-refractivity contribution in [2.45, 2.75) is 20.0 Å². The Morgan fingerprint density at radius 1 is 1.18 bits per heavy atom. The van der Waals surface area contributed by atoms with Crippen LogP contribution in [0.3, 0.4) is 0 Å². The van der Waals surface area contributed by atoms with Gasteiger partial charge in [0.2, 0.25) is 0 Å². The molecule has 0 aliphatic rings. The van der Waals surface area contributed by atoms with Crippen LogP contribution in [0, 0.1) is 6.92 Å². The molecular formula is C16H18N4OS. The van der Waals surface area contributed by atoms with Crippen LogP contribution in [0.2, 0.25) is 0 Å². The molecular weight excluding hydrogens is 296 g/mol. The van der Waals surface area contributed by atoms with E-state index in [1.165, 1.54) is 5.56 Å². The summed E-state index contributed by atoms with van der Waals surface area (Å²) in [6, 6.07) is 8.13. The number of methoxy groups -OCH3 is 1. The highest BCUT2D eigenvalue weighted by atomic mass is 32.1. The third-order valence-corrected chi connectivity index (χ3v) is 4.28. The molecule has 0 bridgehead atoms. The van der Waals surface area contributed by atoms with Crippen LogP contribution in [0.5, 0.6) is 5.75 Å². The fourth-order valence-corrected chi connectivity index (χ4v) is 3.28. The van der Waals surface area contributed by atoms with E-state index in [-0.39, 0.29) is 0 Å². The van der Waals surface area contributed by atoms with Crippen LogP contribution in [0.15, 0.2) is 30.5 Å². The van der Waals surface area contributed by atoms with Gasteiger partial charge in [0.1, 0.15) is 21.3 Å². The molecule has 0 fully saturated rings. The molecule has 3 aromatic rings. The second kappa shape index (κ2) is 6.37. The van der Waals surface area contributed by atoms with Crippen molar-refractivity contribution in [1.29, 1.82) is 0 Å². The van der Waals surface area contributed by atoms with E-state index in [9.17, 15) is 0 Å². The summed E-state index contributed by atoms with van der Waals surface area (Å²) in [5.41, 5.74) is 2.13. The fourth-order valence-electron chi connectivity index (χ4n) is 2.49. The van der Waals surface area contributed by atoms with Crippen molar-refractivity contribution in [2.24, 2.45) is 0 Å². The van der Waals surface area contributed by atoms with Crippen LogP contribution in [0.4, 0.5) is 0 Å². The van der Waals surface area contributed by atoms with Crippen LogP contribution in [0.1, 0.15) is 15.6 Å². The van der Waals surface area contributed by atoms with E-state index in [1.54, 1.807) is 24.6 Å². The first-order chi connectivity index (χ1) is 10.7. The standard InChI is InChI=1S/C16H18N4OS/c1-11-18-19-15(22-11)10-20(2)9-12-6-7-14(21-3)16-13(12)5-4-8-17-16/h4-8H,9-10H2,1-3H3. The number of rotatable bonds is 5. The van der Waals surface area contributed by atoms with Gasteiger partial charge in [-0.05, 0) is 31.7 Å². The lowest BCUT2D eigenvalue weighted by Gasteiger charge is -2.17. The molecule has 2 heterocycles. The number of ether oxygens (including phenoxy) is 1. The minimum absolute atomic E-state index is 0.791. The molecule has 0 spiro atoms. The normalized spacial score (nSPS) is 11.3. The zero-order valence-corrected chi connectivity index (χ0v) is 13.7. The number of aromatic nitrogens is 3. The summed E-state index contributed by atoms with van der Waals surface area (Å²) >= 11 is 1.64. The van der Waals surface area contributed by atoms with Gasteiger partial charge >= 0.3 is 0 Å². The van der Waals surface area contributed by atoms with Crippen molar-refractivity contribution in [2.75, 3.05) is 14.2 Å². The number of hydrogen-bond donors (Lipinski definition) is 0. The third-order valence-electron chi connectivity index (χ3n) is 3.46. The van der Waals surface area contributed by atoms with Crippen LogP contribution >= 0.6 is 11.3 Å². The Morgan fingerprint density at radius 2 is 2.05 bits per heavy atom. The maximum Gasteiger partial charge on any atom is 0.145 e. The first-order valence-corrected chi connectivity index (χ1v) is 7.87. The molecule has 0 saturated heterocycles. The van der Waals surface area contributed by atoms with Crippen molar-refractivity contribution < 1.29 is 4.74 Å². The van der Waals surface area contributed by atoms with E-state index < -0.39 is 0 Å². The molecule has 0 radical (unpaired) electrons. The molecule has 114 valence electrons. The molecule has 0 atom stereocenters. The summed E-state index contributed by atoms with van der Waals surface area (Å²) < 4.78 is 5.39. The van der Waals surface area contributed by atoms with Gasteiger partial charge in [0, 0.05) is 18.1 Å². The SMILES string of the molecule is COc1ccc(CN(C)Cc2nnc(C)s2)c2cccnc12. The quantitative estimate of drug-likeness (QED) is 0.724. The molecule has 0 aliphatic heterocycles. The highest BCUT2D eigenvalue weighted by molar-refractivity contribution is 7.11. The Hall–Kier alpha value is -2.05. The first kappa shape index (κ1) is 14.9. The van der Waals surface area contributed by atoms with Crippen LogP contribution < -0.4 is 4.74 Å². The largest absolute Gasteiger partial charge is 0.494 e. The minimum atomic E-state index is 0.791. The summed E-state index contributed by atoms with van der Waals surface area (Å²) in [6.07, 6.45) is 1.79. The minimum Gasteiger partial charge on any atom is -0.494 e. The fraction of sp³-hybridized carbons (Fsp3) is 0.312. The van der Waals surface area contributed by atoms with Gasteiger partial charge in [-0.1, -0.05) is 12.1 Å². The number of benzene rings is 1. The van der Waals surface area contributed by atoms with Gasteiger partial charge in [0.05, 0.1) is 13.7 Å². The average Bonchev–Trinajstić information content (AvgIpc) is 2.92. The number of aryl methyl sites for hydroxylation is 1. The predicted octanol–water partition coefficient (Wildman–Crippen LogP) is 3.04. The molecule has 2 aromatic heterocycles. The number of hydrogen-bond acceptors (Lipinski definition) is 6. The highest BCUT2D eigenvalue weighted by Crippen LogP contribution is 2.27. The smallest absolute Gasteiger partial charge is 0.145 e. The molecule has 0 unspecified atom stereocenters. The Labute approximate surface area is 133 Å². The summed E-state index contributed by atoms with van der Waals surface area (Å²) in [4.78, 5) is 6.67. The lowest BCUT2D eigenvalue weighted by atomic mass is 10.1.